The number of rotatable bonds is 4. The molecule has 0 atom stereocenters. The van der Waals surface area contributed by atoms with Gasteiger partial charge >= 0.3 is 0 Å². The Morgan fingerprint density at radius 1 is 1.33 bits per heavy atom. The summed E-state index contributed by atoms with van der Waals surface area (Å²) in [6, 6.07) is 0.280. The van der Waals surface area contributed by atoms with Gasteiger partial charge in [-0.2, -0.15) is 5.10 Å². The van der Waals surface area contributed by atoms with Crippen molar-refractivity contribution in [2.45, 2.75) is 58.9 Å². The van der Waals surface area contributed by atoms with Crippen molar-refractivity contribution in [2.24, 2.45) is 5.92 Å². The minimum absolute atomic E-state index is 0.280. The largest absolute Gasteiger partial charge is 0.476 e. The Morgan fingerprint density at radius 3 is 2.61 bits per heavy atom. The molecule has 2 rings (SSSR count). The minimum atomic E-state index is 0.280. The predicted molar refractivity (Wildman–Crippen MR) is 73.8 cm³/mol. The zero-order chi connectivity index (χ0) is 13.1. The molecule has 0 amide bonds. The maximum Gasteiger partial charge on any atom is 0.236 e. The number of hydrogen-bond donors (Lipinski definition) is 1. The van der Waals surface area contributed by atoms with Crippen molar-refractivity contribution in [3.63, 3.8) is 0 Å². The van der Waals surface area contributed by atoms with Crippen LogP contribution in [0.15, 0.2) is 0 Å². The van der Waals surface area contributed by atoms with Crippen LogP contribution in [0.25, 0.3) is 0 Å². The topological polar surface area (TPSA) is 53.1 Å². The van der Waals surface area contributed by atoms with Gasteiger partial charge in [-0.25, -0.2) is 4.68 Å². The van der Waals surface area contributed by atoms with Crippen molar-refractivity contribution in [3.8, 4) is 5.88 Å². The van der Waals surface area contributed by atoms with Crippen molar-refractivity contribution in [3.05, 3.63) is 5.69 Å². The molecule has 1 aromatic rings. The smallest absolute Gasteiger partial charge is 0.236 e. The first-order chi connectivity index (χ1) is 8.59. The minimum Gasteiger partial charge on any atom is -0.476 e. The second-order valence-corrected chi connectivity index (χ2v) is 5.66. The summed E-state index contributed by atoms with van der Waals surface area (Å²) in [7, 11) is 0. The monoisotopic (exact) mass is 251 g/mol. The zero-order valence-electron chi connectivity index (χ0n) is 11.8. The number of nitrogen functional groups attached to an aromatic ring is 1. The molecule has 2 N–H and O–H groups in total. The molecule has 1 heterocycles. The quantitative estimate of drug-likeness (QED) is 0.893. The molecular formula is C14H25N3O. The number of aromatic nitrogens is 2. The lowest BCUT2D eigenvalue weighted by Crippen LogP contribution is -2.17. The highest BCUT2D eigenvalue weighted by atomic mass is 16.5. The third-order valence-corrected chi connectivity index (χ3v) is 3.76. The summed E-state index contributed by atoms with van der Waals surface area (Å²) in [6.07, 6.45) is 6.63. The summed E-state index contributed by atoms with van der Waals surface area (Å²) in [5, 5.41) is 4.44. The number of aryl methyl sites for hydroxylation is 1. The van der Waals surface area contributed by atoms with E-state index in [4.69, 9.17) is 10.5 Å². The van der Waals surface area contributed by atoms with E-state index in [1.807, 2.05) is 11.6 Å². The van der Waals surface area contributed by atoms with Gasteiger partial charge in [-0.15, -0.1) is 0 Å². The molecule has 1 aliphatic carbocycles. The standard InChI is InChI=1S/C14H25N3O/c1-10(2)17-14(13(15)11(3)16-17)18-9-12-7-5-4-6-8-12/h10,12H,4-9,15H2,1-3H3. The van der Waals surface area contributed by atoms with Crippen LogP contribution in [-0.2, 0) is 0 Å². The Bertz CT molecular complexity index is 392. The molecule has 1 aliphatic rings. The van der Waals surface area contributed by atoms with Crippen molar-refractivity contribution in [2.75, 3.05) is 12.3 Å². The zero-order valence-corrected chi connectivity index (χ0v) is 11.8. The molecule has 4 heteroatoms. The number of anilines is 1. The number of nitrogens with zero attached hydrogens (tertiary/aromatic N) is 2. The summed E-state index contributed by atoms with van der Waals surface area (Å²) in [5.74, 6) is 1.45. The van der Waals surface area contributed by atoms with Gasteiger partial charge in [-0.3, -0.25) is 0 Å². The van der Waals surface area contributed by atoms with Gasteiger partial charge in [0.25, 0.3) is 0 Å². The van der Waals surface area contributed by atoms with Gasteiger partial charge in [-0.05, 0) is 39.5 Å². The highest BCUT2D eigenvalue weighted by Crippen LogP contribution is 2.30. The molecule has 0 spiro atoms. The van der Waals surface area contributed by atoms with E-state index in [0.717, 1.165) is 18.2 Å². The summed E-state index contributed by atoms with van der Waals surface area (Å²) >= 11 is 0. The maximum absolute atomic E-state index is 6.05. The van der Waals surface area contributed by atoms with Crippen LogP contribution in [0.4, 0.5) is 5.69 Å². The Hall–Kier alpha value is -1.19. The fourth-order valence-corrected chi connectivity index (χ4v) is 2.58. The van der Waals surface area contributed by atoms with Gasteiger partial charge in [-0.1, -0.05) is 19.3 Å². The van der Waals surface area contributed by atoms with Crippen LogP contribution in [0, 0.1) is 12.8 Å². The van der Waals surface area contributed by atoms with Crippen LogP contribution >= 0.6 is 0 Å². The Labute approximate surface area is 110 Å². The van der Waals surface area contributed by atoms with E-state index in [0.29, 0.717) is 11.6 Å². The average Bonchev–Trinajstić information content (AvgIpc) is 2.65. The van der Waals surface area contributed by atoms with Gasteiger partial charge < -0.3 is 10.5 Å². The van der Waals surface area contributed by atoms with Gasteiger partial charge in [0.15, 0.2) is 0 Å². The second-order valence-electron chi connectivity index (χ2n) is 5.66. The van der Waals surface area contributed by atoms with Crippen LogP contribution in [0.3, 0.4) is 0 Å². The maximum atomic E-state index is 6.05. The van der Waals surface area contributed by atoms with Crippen LogP contribution in [-0.4, -0.2) is 16.4 Å². The van der Waals surface area contributed by atoms with E-state index in [9.17, 15) is 0 Å². The van der Waals surface area contributed by atoms with Crippen molar-refractivity contribution in [1.82, 2.24) is 9.78 Å². The lowest BCUT2D eigenvalue weighted by Gasteiger charge is -2.22. The molecule has 102 valence electrons. The van der Waals surface area contributed by atoms with Crippen molar-refractivity contribution in [1.29, 1.82) is 0 Å². The summed E-state index contributed by atoms with van der Waals surface area (Å²) in [6.45, 7) is 6.91. The molecule has 4 nitrogen and oxygen atoms in total. The van der Waals surface area contributed by atoms with Crippen LogP contribution in [0.1, 0.15) is 57.7 Å². The lowest BCUT2D eigenvalue weighted by molar-refractivity contribution is 0.192. The summed E-state index contributed by atoms with van der Waals surface area (Å²) < 4.78 is 7.86. The van der Waals surface area contributed by atoms with Crippen LogP contribution in [0.2, 0.25) is 0 Å². The van der Waals surface area contributed by atoms with E-state index in [2.05, 4.69) is 18.9 Å². The second kappa shape index (κ2) is 5.63. The average molecular weight is 251 g/mol. The first-order valence-corrected chi connectivity index (χ1v) is 7.07. The van der Waals surface area contributed by atoms with E-state index in [1.165, 1.54) is 32.1 Å². The molecule has 0 aromatic carbocycles. The molecule has 1 saturated carbocycles. The molecule has 0 saturated heterocycles. The predicted octanol–water partition coefficient (Wildman–Crippen LogP) is 3.31. The van der Waals surface area contributed by atoms with E-state index in [1.54, 1.807) is 0 Å². The molecule has 0 unspecified atom stereocenters. The van der Waals surface area contributed by atoms with Crippen LogP contribution in [0.5, 0.6) is 5.88 Å². The van der Waals surface area contributed by atoms with Gasteiger partial charge in [0.05, 0.1) is 18.3 Å². The fraction of sp³-hybridized carbons (Fsp3) is 0.786. The Kier molecular flexibility index (Phi) is 4.15. The van der Waals surface area contributed by atoms with E-state index in [-0.39, 0.29) is 6.04 Å². The van der Waals surface area contributed by atoms with Gasteiger partial charge in [0.1, 0.15) is 5.69 Å². The molecule has 0 aliphatic heterocycles. The Balaban J connectivity index is 2.03. The first-order valence-electron chi connectivity index (χ1n) is 7.07. The summed E-state index contributed by atoms with van der Waals surface area (Å²) in [5.41, 5.74) is 7.61. The molecule has 18 heavy (non-hydrogen) atoms. The van der Waals surface area contributed by atoms with Crippen LogP contribution < -0.4 is 10.5 Å². The number of ether oxygens (including phenoxy) is 1. The number of hydrogen-bond acceptors (Lipinski definition) is 3. The molecule has 1 aromatic heterocycles. The third kappa shape index (κ3) is 2.79. The molecule has 1 fully saturated rings. The van der Waals surface area contributed by atoms with E-state index < -0.39 is 0 Å². The highest BCUT2D eigenvalue weighted by molar-refractivity contribution is 5.52. The molecular weight excluding hydrogens is 226 g/mol. The summed E-state index contributed by atoms with van der Waals surface area (Å²) in [4.78, 5) is 0. The fourth-order valence-electron chi connectivity index (χ4n) is 2.58. The van der Waals surface area contributed by atoms with E-state index >= 15 is 0 Å². The lowest BCUT2D eigenvalue weighted by atomic mass is 9.90. The molecule has 0 bridgehead atoms. The normalized spacial score (nSPS) is 17.3. The van der Waals surface area contributed by atoms with Gasteiger partial charge in [0, 0.05) is 0 Å². The number of nitrogens with two attached hydrogens (primary N) is 1. The van der Waals surface area contributed by atoms with Crippen molar-refractivity contribution >= 4 is 5.69 Å². The SMILES string of the molecule is Cc1nn(C(C)C)c(OCC2CCCCC2)c1N. The Morgan fingerprint density at radius 2 is 2.00 bits per heavy atom. The van der Waals surface area contributed by atoms with Gasteiger partial charge in [0.2, 0.25) is 5.88 Å². The first kappa shape index (κ1) is 13.2. The molecule has 0 radical (unpaired) electrons. The van der Waals surface area contributed by atoms with Crippen molar-refractivity contribution < 1.29 is 4.74 Å². The highest BCUT2D eigenvalue weighted by Gasteiger charge is 2.19. The third-order valence-electron chi connectivity index (χ3n) is 3.76.